The molecule has 2 aromatic rings. The summed E-state index contributed by atoms with van der Waals surface area (Å²) in [6.07, 6.45) is 3.37. The molecule has 0 radical (unpaired) electrons. The van der Waals surface area contributed by atoms with Gasteiger partial charge in [-0.25, -0.2) is 4.79 Å². The van der Waals surface area contributed by atoms with Crippen LogP contribution in [0.1, 0.15) is 27.2 Å². The first kappa shape index (κ1) is 11.5. The summed E-state index contributed by atoms with van der Waals surface area (Å²) in [5.74, 6) is -0.888. The van der Waals surface area contributed by atoms with Crippen LogP contribution in [0.2, 0.25) is 0 Å². The van der Waals surface area contributed by atoms with Gasteiger partial charge in [-0.3, -0.25) is 0 Å². The van der Waals surface area contributed by atoms with Crippen molar-refractivity contribution >= 4 is 5.97 Å². The van der Waals surface area contributed by atoms with Gasteiger partial charge in [0, 0.05) is 6.20 Å². The molecule has 0 atom stereocenters. The maximum absolute atomic E-state index is 11.0. The van der Waals surface area contributed by atoms with E-state index in [-0.39, 0.29) is 0 Å². The van der Waals surface area contributed by atoms with Crippen molar-refractivity contribution in [1.29, 1.82) is 0 Å². The molecule has 0 aliphatic carbocycles. The number of hydrogen-bond acceptors (Lipinski definition) is 1. The number of aryl methyl sites for hydroxylation is 2. The fourth-order valence-corrected chi connectivity index (χ4v) is 1.98. The Labute approximate surface area is 100 Å². The summed E-state index contributed by atoms with van der Waals surface area (Å²) in [4.78, 5) is 13.8. The van der Waals surface area contributed by atoms with Crippen LogP contribution >= 0.6 is 0 Å². The molecule has 0 aliphatic heterocycles. The highest BCUT2D eigenvalue weighted by molar-refractivity contribution is 5.87. The van der Waals surface area contributed by atoms with Crippen LogP contribution in [0.5, 0.6) is 0 Å². The number of rotatable bonds is 4. The smallest absolute Gasteiger partial charge is 0.352 e. The lowest BCUT2D eigenvalue weighted by Crippen LogP contribution is -2.03. The number of hydrogen-bond donors (Lipinski definition) is 2. The number of aromatic amines is 1. The van der Waals surface area contributed by atoms with Gasteiger partial charge in [0.15, 0.2) is 0 Å². The largest absolute Gasteiger partial charge is 0.477 e. The van der Waals surface area contributed by atoms with Crippen molar-refractivity contribution in [2.75, 3.05) is 0 Å². The van der Waals surface area contributed by atoms with Gasteiger partial charge in [-0.2, -0.15) is 0 Å². The molecule has 88 valence electrons. The van der Waals surface area contributed by atoms with Gasteiger partial charge in [-0.15, -0.1) is 0 Å². The Morgan fingerprint density at radius 1 is 1.24 bits per heavy atom. The first-order valence-electron chi connectivity index (χ1n) is 5.62. The van der Waals surface area contributed by atoms with E-state index in [0.717, 1.165) is 24.0 Å². The molecular formula is C14H15NO2. The zero-order chi connectivity index (χ0) is 12.3. The Hall–Kier alpha value is -2.03. The Bertz CT molecular complexity index is 514. The second-order valence-corrected chi connectivity index (χ2v) is 4.12. The lowest BCUT2D eigenvalue weighted by Gasteiger charge is -2.03. The van der Waals surface area contributed by atoms with E-state index >= 15 is 0 Å². The molecule has 0 bridgehead atoms. The molecule has 2 rings (SSSR count). The molecule has 0 aliphatic rings. The molecule has 0 fully saturated rings. The van der Waals surface area contributed by atoms with Crippen LogP contribution in [-0.4, -0.2) is 16.1 Å². The minimum Gasteiger partial charge on any atom is -0.477 e. The average molecular weight is 229 g/mol. The van der Waals surface area contributed by atoms with Crippen LogP contribution < -0.4 is 0 Å². The van der Waals surface area contributed by atoms with Crippen LogP contribution in [0.25, 0.3) is 0 Å². The highest BCUT2D eigenvalue weighted by Gasteiger charge is 2.13. The predicted octanol–water partition coefficient (Wildman–Crippen LogP) is 2.81. The predicted molar refractivity (Wildman–Crippen MR) is 66.3 cm³/mol. The van der Waals surface area contributed by atoms with E-state index in [0.29, 0.717) is 5.69 Å². The number of nitrogens with one attached hydrogen (secondary N) is 1. The van der Waals surface area contributed by atoms with Crippen molar-refractivity contribution in [1.82, 2.24) is 4.98 Å². The van der Waals surface area contributed by atoms with Crippen LogP contribution in [-0.2, 0) is 12.8 Å². The molecule has 0 unspecified atom stereocenters. The summed E-state index contributed by atoms with van der Waals surface area (Å²) in [6.45, 7) is 1.93. The number of aromatic nitrogens is 1. The third-order valence-electron chi connectivity index (χ3n) is 2.93. The van der Waals surface area contributed by atoms with Crippen molar-refractivity contribution < 1.29 is 9.90 Å². The van der Waals surface area contributed by atoms with Gasteiger partial charge in [0.25, 0.3) is 0 Å². The molecule has 1 aromatic carbocycles. The molecule has 0 amide bonds. The van der Waals surface area contributed by atoms with Gasteiger partial charge in [-0.05, 0) is 36.5 Å². The average Bonchev–Trinajstić information content (AvgIpc) is 2.69. The zero-order valence-corrected chi connectivity index (χ0v) is 9.73. The molecule has 3 nitrogen and oxygen atoms in total. The van der Waals surface area contributed by atoms with Crippen molar-refractivity contribution in [2.24, 2.45) is 0 Å². The molecule has 0 spiro atoms. The second-order valence-electron chi connectivity index (χ2n) is 4.12. The zero-order valence-electron chi connectivity index (χ0n) is 9.73. The van der Waals surface area contributed by atoms with Gasteiger partial charge < -0.3 is 10.1 Å². The van der Waals surface area contributed by atoms with Gasteiger partial charge in [0.05, 0.1) is 0 Å². The number of benzene rings is 1. The highest BCUT2D eigenvalue weighted by Crippen LogP contribution is 2.16. The third-order valence-corrected chi connectivity index (χ3v) is 2.93. The number of H-pyrrole nitrogens is 1. The van der Waals surface area contributed by atoms with E-state index in [1.165, 1.54) is 5.56 Å². The van der Waals surface area contributed by atoms with E-state index in [1.54, 1.807) is 6.20 Å². The van der Waals surface area contributed by atoms with Crippen LogP contribution in [0.15, 0.2) is 36.5 Å². The Morgan fingerprint density at radius 3 is 2.59 bits per heavy atom. The number of carboxylic acid groups (broad SMARTS) is 1. The van der Waals surface area contributed by atoms with E-state index < -0.39 is 5.97 Å². The fraction of sp³-hybridized carbons (Fsp3) is 0.214. The van der Waals surface area contributed by atoms with Gasteiger partial charge in [-0.1, -0.05) is 30.3 Å². The monoisotopic (exact) mass is 229 g/mol. The van der Waals surface area contributed by atoms with Gasteiger partial charge in [0.1, 0.15) is 5.69 Å². The van der Waals surface area contributed by atoms with Crippen LogP contribution in [0, 0.1) is 6.92 Å². The summed E-state index contributed by atoms with van der Waals surface area (Å²) >= 11 is 0. The normalized spacial score (nSPS) is 10.4. The fourth-order valence-electron chi connectivity index (χ4n) is 1.98. The van der Waals surface area contributed by atoms with Crippen molar-refractivity contribution in [3.05, 3.63) is 58.9 Å². The quantitative estimate of drug-likeness (QED) is 0.847. The molecule has 2 N–H and O–H groups in total. The van der Waals surface area contributed by atoms with E-state index in [4.69, 9.17) is 5.11 Å². The van der Waals surface area contributed by atoms with Crippen molar-refractivity contribution in [3.8, 4) is 0 Å². The summed E-state index contributed by atoms with van der Waals surface area (Å²) in [5, 5.41) is 9.04. The summed E-state index contributed by atoms with van der Waals surface area (Å²) in [5.41, 5.74) is 3.46. The number of aromatic carboxylic acids is 1. The lowest BCUT2D eigenvalue weighted by atomic mass is 10.0. The minimum atomic E-state index is -0.888. The van der Waals surface area contributed by atoms with Crippen molar-refractivity contribution in [3.63, 3.8) is 0 Å². The molecule has 1 aromatic heterocycles. The van der Waals surface area contributed by atoms with Crippen molar-refractivity contribution in [2.45, 2.75) is 19.8 Å². The molecule has 17 heavy (non-hydrogen) atoms. The third kappa shape index (κ3) is 2.56. The number of carboxylic acids is 1. The Balaban J connectivity index is 2.14. The summed E-state index contributed by atoms with van der Waals surface area (Å²) < 4.78 is 0. The van der Waals surface area contributed by atoms with E-state index in [9.17, 15) is 4.79 Å². The molecule has 0 saturated heterocycles. The van der Waals surface area contributed by atoms with Gasteiger partial charge >= 0.3 is 5.97 Å². The standard InChI is InChI=1S/C14H15NO2/c1-10-9-15-13(14(16)17)12(10)8-7-11-5-3-2-4-6-11/h2-6,9,15H,7-8H2,1H3,(H,16,17). The van der Waals surface area contributed by atoms with Crippen LogP contribution in [0.4, 0.5) is 0 Å². The molecular weight excluding hydrogens is 214 g/mol. The topological polar surface area (TPSA) is 53.1 Å². The molecule has 1 heterocycles. The first-order chi connectivity index (χ1) is 8.18. The minimum absolute atomic E-state index is 0.318. The van der Waals surface area contributed by atoms with Crippen LogP contribution in [0.3, 0.4) is 0 Å². The maximum Gasteiger partial charge on any atom is 0.352 e. The first-order valence-corrected chi connectivity index (χ1v) is 5.62. The van der Waals surface area contributed by atoms with E-state index in [1.807, 2.05) is 25.1 Å². The Morgan fingerprint density at radius 2 is 1.94 bits per heavy atom. The van der Waals surface area contributed by atoms with E-state index in [2.05, 4.69) is 17.1 Å². The summed E-state index contributed by atoms with van der Waals surface area (Å²) in [7, 11) is 0. The highest BCUT2D eigenvalue weighted by atomic mass is 16.4. The Kier molecular flexibility index (Phi) is 3.28. The molecule has 0 saturated carbocycles. The lowest BCUT2D eigenvalue weighted by molar-refractivity contribution is 0.0690. The van der Waals surface area contributed by atoms with Gasteiger partial charge in [0.2, 0.25) is 0 Å². The SMILES string of the molecule is Cc1c[nH]c(C(=O)O)c1CCc1ccccc1. The summed E-state index contributed by atoms with van der Waals surface area (Å²) in [6, 6.07) is 10.1. The molecule has 3 heteroatoms. The number of carbonyl (C=O) groups is 1. The maximum atomic E-state index is 11.0. The second kappa shape index (κ2) is 4.87.